The Morgan fingerprint density at radius 2 is 1.07 bits per heavy atom. The number of hydrogen-bond donors (Lipinski definition) is 0. The SMILES string of the molecule is c1cc(-c2cccc(-c3cccc4c3oc3ccc5ccccc5c34)c2)cc(-c2cnc3c(n2)oc2ccc4ccccc4c23)c1. The zero-order valence-corrected chi connectivity index (χ0v) is 24.6. The quantitative estimate of drug-likeness (QED) is 0.206. The van der Waals surface area contributed by atoms with Gasteiger partial charge in [-0.3, -0.25) is 0 Å². The molecule has 0 bridgehead atoms. The molecule has 10 aromatic rings. The van der Waals surface area contributed by atoms with Crippen LogP contribution in [0.3, 0.4) is 0 Å². The highest BCUT2D eigenvalue weighted by molar-refractivity contribution is 6.21. The molecule has 3 heterocycles. The van der Waals surface area contributed by atoms with Gasteiger partial charge in [0.1, 0.15) is 22.3 Å². The van der Waals surface area contributed by atoms with E-state index in [1.807, 2.05) is 24.4 Å². The van der Waals surface area contributed by atoms with Crippen LogP contribution < -0.4 is 0 Å². The fourth-order valence-electron chi connectivity index (χ4n) is 6.96. The van der Waals surface area contributed by atoms with Crippen LogP contribution in [0.4, 0.5) is 0 Å². The lowest BCUT2D eigenvalue weighted by molar-refractivity contribution is 0.654. The Morgan fingerprint density at radius 1 is 0.457 bits per heavy atom. The maximum atomic E-state index is 6.53. The van der Waals surface area contributed by atoms with E-state index in [0.29, 0.717) is 5.71 Å². The topological polar surface area (TPSA) is 52.1 Å². The highest BCUT2D eigenvalue weighted by Crippen LogP contribution is 2.40. The van der Waals surface area contributed by atoms with Crippen molar-refractivity contribution in [1.82, 2.24) is 9.97 Å². The first-order valence-corrected chi connectivity index (χ1v) is 15.4. The van der Waals surface area contributed by atoms with E-state index >= 15 is 0 Å². The van der Waals surface area contributed by atoms with E-state index in [2.05, 4.69) is 121 Å². The molecule has 46 heavy (non-hydrogen) atoms. The first-order chi connectivity index (χ1) is 22.8. The fraction of sp³-hybridized carbons (Fsp3) is 0. The summed E-state index contributed by atoms with van der Waals surface area (Å²) in [5.74, 6) is 0. The van der Waals surface area contributed by atoms with Crippen molar-refractivity contribution in [2.75, 3.05) is 0 Å². The van der Waals surface area contributed by atoms with Crippen molar-refractivity contribution >= 4 is 65.7 Å². The smallest absolute Gasteiger partial charge is 0.246 e. The molecule has 0 fully saturated rings. The molecule has 7 aromatic carbocycles. The number of hydrogen-bond acceptors (Lipinski definition) is 4. The standard InChI is InChI=1S/C42H24N2O2/c1-3-14-31-25(8-1)18-20-36-38(31)34-17-7-16-33(41(34)45-36)29-12-5-10-27(22-29)28-11-6-13-30(23-28)35-24-43-40-39-32-15-4-2-9-26(32)19-21-37(39)46-42(40)44-35/h1-24H. The molecule has 0 aliphatic heterocycles. The van der Waals surface area contributed by atoms with Gasteiger partial charge in [0, 0.05) is 21.9 Å². The third kappa shape index (κ3) is 3.74. The summed E-state index contributed by atoms with van der Waals surface area (Å²) >= 11 is 0. The maximum Gasteiger partial charge on any atom is 0.246 e. The molecule has 0 atom stereocenters. The van der Waals surface area contributed by atoms with Crippen molar-refractivity contribution in [3.05, 3.63) is 146 Å². The van der Waals surface area contributed by atoms with E-state index in [0.717, 1.165) is 82.7 Å². The molecule has 10 rings (SSSR count). The average Bonchev–Trinajstić information content (AvgIpc) is 3.70. The lowest BCUT2D eigenvalue weighted by Crippen LogP contribution is -1.88. The van der Waals surface area contributed by atoms with Gasteiger partial charge < -0.3 is 8.83 Å². The van der Waals surface area contributed by atoms with Crippen LogP contribution in [0.15, 0.2) is 155 Å². The van der Waals surface area contributed by atoms with E-state index in [-0.39, 0.29) is 0 Å². The summed E-state index contributed by atoms with van der Waals surface area (Å²) in [5.41, 5.74) is 10.1. The second-order valence-electron chi connectivity index (χ2n) is 11.8. The van der Waals surface area contributed by atoms with E-state index in [4.69, 9.17) is 18.8 Å². The number of benzene rings is 7. The lowest BCUT2D eigenvalue weighted by Gasteiger charge is -2.08. The first-order valence-electron chi connectivity index (χ1n) is 15.4. The third-order valence-electron chi connectivity index (χ3n) is 9.13. The molecule has 0 saturated heterocycles. The molecule has 0 unspecified atom stereocenters. The minimum absolute atomic E-state index is 0.544. The Hall–Kier alpha value is -6.26. The van der Waals surface area contributed by atoms with E-state index in [1.165, 1.54) is 10.8 Å². The molecule has 0 amide bonds. The molecule has 0 aliphatic rings. The molecular weight excluding hydrogens is 564 g/mol. The number of fused-ring (bicyclic) bond motifs is 10. The third-order valence-corrected chi connectivity index (χ3v) is 9.13. The molecule has 0 radical (unpaired) electrons. The minimum Gasteiger partial charge on any atom is -0.455 e. The van der Waals surface area contributed by atoms with Gasteiger partial charge >= 0.3 is 0 Å². The summed E-state index contributed by atoms with van der Waals surface area (Å²) in [7, 11) is 0. The van der Waals surface area contributed by atoms with E-state index in [9.17, 15) is 0 Å². The predicted molar refractivity (Wildman–Crippen MR) is 188 cm³/mol. The van der Waals surface area contributed by atoms with Crippen molar-refractivity contribution in [2.45, 2.75) is 0 Å². The number of aromatic nitrogens is 2. The second kappa shape index (κ2) is 9.62. The van der Waals surface area contributed by atoms with Crippen molar-refractivity contribution < 1.29 is 8.83 Å². The van der Waals surface area contributed by atoms with Crippen LogP contribution in [0.25, 0.3) is 99.2 Å². The zero-order chi connectivity index (χ0) is 30.2. The second-order valence-corrected chi connectivity index (χ2v) is 11.8. The molecule has 4 nitrogen and oxygen atoms in total. The average molecular weight is 589 g/mol. The molecule has 214 valence electrons. The van der Waals surface area contributed by atoms with Gasteiger partial charge in [0.15, 0.2) is 0 Å². The molecule has 4 heteroatoms. The first kappa shape index (κ1) is 25.1. The van der Waals surface area contributed by atoms with Crippen molar-refractivity contribution in [3.63, 3.8) is 0 Å². The molecule has 0 saturated carbocycles. The number of nitrogens with zero attached hydrogens (tertiary/aromatic N) is 2. The zero-order valence-electron chi connectivity index (χ0n) is 24.6. The highest BCUT2D eigenvalue weighted by Gasteiger charge is 2.16. The Bertz CT molecular complexity index is 2820. The van der Waals surface area contributed by atoms with Crippen LogP contribution in [0, 0.1) is 0 Å². The van der Waals surface area contributed by atoms with Crippen LogP contribution >= 0.6 is 0 Å². The number of rotatable bonds is 3. The largest absolute Gasteiger partial charge is 0.455 e. The maximum absolute atomic E-state index is 6.53. The Kier molecular flexibility index (Phi) is 5.25. The molecule has 0 N–H and O–H groups in total. The van der Waals surface area contributed by atoms with Gasteiger partial charge in [-0.15, -0.1) is 0 Å². The van der Waals surface area contributed by atoms with Gasteiger partial charge in [-0.2, -0.15) is 0 Å². The predicted octanol–water partition coefficient (Wildman–Crippen LogP) is 11.6. The molecule has 0 spiro atoms. The van der Waals surface area contributed by atoms with E-state index in [1.54, 1.807) is 0 Å². The normalized spacial score (nSPS) is 11.9. The van der Waals surface area contributed by atoms with Crippen molar-refractivity contribution in [2.24, 2.45) is 0 Å². The summed E-state index contributed by atoms with van der Waals surface area (Å²) in [6.45, 7) is 0. The summed E-state index contributed by atoms with van der Waals surface area (Å²) in [6.07, 6.45) is 1.85. The van der Waals surface area contributed by atoms with Crippen LogP contribution in [0.5, 0.6) is 0 Å². The summed E-state index contributed by atoms with van der Waals surface area (Å²) < 4.78 is 12.7. The van der Waals surface area contributed by atoms with Crippen LogP contribution in [0.1, 0.15) is 0 Å². The summed E-state index contributed by atoms with van der Waals surface area (Å²) in [4.78, 5) is 9.78. The van der Waals surface area contributed by atoms with Crippen molar-refractivity contribution in [1.29, 1.82) is 0 Å². The fourth-order valence-corrected chi connectivity index (χ4v) is 6.96. The Balaban J connectivity index is 1.07. The summed E-state index contributed by atoms with van der Waals surface area (Å²) in [6, 6.07) is 48.6. The van der Waals surface area contributed by atoms with Gasteiger partial charge in [-0.25, -0.2) is 9.97 Å². The van der Waals surface area contributed by atoms with Gasteiger partial charge in [0.05, 0.1) is 17.3 Å². The Labute approximate surface area is 263 Å². The van der Waals surface area contributed by atoms with Crippen LogP contribution in [-0.2, 0) is 0 Å². The van der Waals surface area contributed by atoms with E-state index < -0.39 is 0 Å². The highest BCUT2D eigenvalue weighted by atomic mass is 16.3. The molecular formula is C42H24N2O2. The van der Waals surface area contributed by atoms with Crippen LogP contribution in [-0.4, -0.2) is 9.97 Å². The molecule has 3 aromatic heterocycles. The van der Waals surface area contributed by atoms with Gasteiger partial charge in [0.2, 0.25) is 5.71 Å². The van der Waals surface area contributed by atoms with Gasteiger partial charge in [0.25, 0.3) is 0 Å². The minimum atomic E-state index is 0.544. The number of furan rings is 2. The monoisotopic (exact) mass is 588 g/mol. The lowest BCUT2D eigenvalue weighted by atomic mass is 9.96. The summed E-state index contributed by atoms with van der Waals surface area (Å²) in [5, 5.41) is 7.99. The van der Waals surface area contributed by atoms with Crippen molar-refractivity contribution in [3.8, 4) is 33.5 Å². The number of para-hydroxylation sites is 1. The van der Waals surface area contributed by atoms with Gasteiger partial charge in [-0.1, -0.05) is 115 Å². The van der Waals surface area contributed by atoms with Gasteiger partial charge in [-0.05, 0) is 62.5 Å². The van der Waals surface area contributed by atoms with Crippen LogP contribution in [0.2, 0.25) is 0 Å². The molecule has 0 aliphatic carbocycles. The Morgan fingerprint density at radius 3 is 1.85 bits per heavy atom.